The van der Waals surface area contributed by atoms with Crippen molar-refractivity contribution < 1.29 is 14.3 Å². The van der Waals surface area contributed by atoms with Crippen molar-refractivity contribution in [1.82, 2.24) is 4.90 Å². The lowest BCUT2D eigenvalue weighted by atomic mass is 10.1. The zero-order valence-corrected chi connectivity index (χ0v) is 12.3. The van der Waals surface area contributed by atoms with Gasteiger partial charge in [0, 0.05) is 26.2 Å². The summed E-state index contributed by atoms with van der Waals surface area (Å²) in [7, 11) is 1.57. The fourth-order valence-electron chi connectivity index (χ4n) is 2.53. The van der Waals surface area contributed by atoms with E-state index in [0.717, 1.165) is 11.1 Å². The molecule has 2 N–H and O–H groups in total. The molecule has 1 aromatic carbocycles. The SMILES string of the molecule is CO[C@H]1C[C@@H](C(N)=O)N(C(=O)/C=C(\C)c2ccccc2)C1. The molecule has 2 atom stereocenters. The van der Waals surface area contributed by atoms with Crippen molar-refractivity contribution in [3.05, 3.63) is 42.0 Å². The van der Waals surface area contributed by atoms with Crippen molar-refractivity contribution in [3.8, 4) is 0 Å². The molecule has 21 heavy (non-hydrogen) atoms. The van der Waals surface area contributed by atoms with Crippen molar-refractivity contribution in [2.24, 2.45) is 5.73 Å². The van der Waals surface area contributed by atoms with E-state index in [1.807, 2.05) is 37.3 Å². The first-order valence-electron chi connectivity index (χ1n) is 6.89. The highest BCUT2D eigenvalue weighted by Crippen LogP contribution is 2.21. The van der Waals surface area contributed by atoms with E-state index in [4.69, 9.17) is 10.5 Å². The number of allylic oxidation sites excluding steroid dienone is 1. The van der Waals surface area contributed by atoms with E-state index < -0.39 is 11.9 Å². The van der Waals surface area contributed by atoms with Crippen LogP contribution < -0.4 is 5.73 Å². The number of hydrogen-bond donors (Lipinski definition) is 1. The van der Waals surface area contributed by atoms with Gasteiger partial charge in [0.05, 0.1) is 6.10 Å². The van der Waals surface area contributed by atoms with E-state index in [0.29, 0.717) is 13.0 Å². The number of primary amides is 1. The molecule has 1 aliphatic heterocycles. The van der Waals surface area contributed by atoms with Gasteiger partial charge in [-0.1, -0.05) is 30.3 Å². The number of amides is 2. The molecular weight excluding hydrogens is 268 g/mol. The van der Waals surface area contributed by atoms with Crippen LogP contribution in [0.5, 0.6) is 0 Å². The van der Waals surface area contributed by atoms with Gasteiger partial charge in [-0.2, -0.15) is 0 Å². The van der Waals surface area contributed by atoms with Gasteiger partial charge in [-0.05, 0) is 18.1 Å². The summed E-state index contributed by atoms with van der Waals surface area (Å²) in [6, 6.07) is 9.03. The molecule has 2 amide bonds. The number of carbonyl (C=O) groups excluding carboxylic acids is 2. The fraction of sp³-hybridized carbons (Fsp3) is 0.375. The minimum atomic E-state index is -0.595. The first-order chi connectivity index (χ1) is 10.0. The molecule has 0 aliphatic carbocycles. The van der Waals surface area contributed by atoms with Crippen LogP contribution in [0.2, 0.25) is 0 Å². The Kier molecular flexibility index (Phi) is 4.75. The third kappa shape index (κ3) is 3.49. The Bertz CT molecular complexity index is 554. The maximum atomic E-state index is 12.4. The smallest absolute Gasteiger partial charge is 0.247 e. The van der Waals surface area contributed by atoms with E-state index in [9.17, 15) is 9.59 Å². The summed E-state index contributed by atoms with van der Waals surface area (Å²) < 4.78 is 5.24. The molecule has 1 heterocycles. The quantitative estimate of drug-likeness (QED) is 0.846. The van der Waals surface area contributed by atoms with Crippen LogP contribution in [0.3, 0.4) is 0 Å². The van der Waals surface area contributed by atoms with E-state index in [1.165, 1.54) is 4.90 Å². The van der Waals surface area contributed by atoms with Gasteiger partial charge in [-0.3, -0.25) is 9.59 Å². The van der Waals surface area contributed by atoms with Gasteiger partial charge in [0.25, 0.3) is 0 Å². The maximum absolute atomic E-state index is 12.4. The largest absolute Gasteiger partial charge is 0.380 e. The Morgan fingerprint density at radius 1 is 1.33 bits per heavy atom. The van der Waals surface area contributed by atoms with Gasteiger partial charge in [-0.15, -0.1) is 0 Å². The van der Waals surface area contributed by atoms with Crippen LogP contribution in [0.4, 0.5) is 0 Å². The van der Waals surface area contributed by atoms with Crippen LogP contribution in [0, 0.1) is 0 Å². The number of benzene rings is 1. The number of methoxy groups -OCH3 is 1. The first kappa shape index (κ1) is 15.3. The molecule has 5 nitrogen and oxygen atoms in total. The molecule has 0 bridgehead atoms. The molecular formula is C16H20N2O3. The monoisotopic (exact) mass is 288 g/mol. The minimum absolute atomic E-state index is 0.142. The van der Waals surface area contributed by atoms with Crippen LogP contribution in [-0.4, -0.2) is 42.5 Å². The molecule has 0 aromatic heterocycles. The van der Waals surface area contributed by atoms with Gasteiger partial charge >= 0.3 is 0 Å². The second kappa shape index (κ2) is 6.54. The minimum Gasteiger partial charge on any atom is -0.380 e. The lowest BCUT2D eigenvalue weighted by molar-refractivity contribution is -0.133. The van der Waals surface area contributed by atoms with Crippen molar-refractivity contribution in [2.75, 3.05) is 13.7 Å². The van der Waals surface area contributed by atoms with Crippen molar-refractivity contribution in [3.63, 3.8) is 0 Å². The summed E-state index contributed by atoms with van der Waals surface area (Å²) in [6.45, 7) is 2.26. The van der Waals surface area contributed by atoms with Gasteiger partial charge < -0.3 is 15.4 Å². The second-order valence-corrected chi connectivity index (χ2v) is 5.20. The molecule has 0 unspecified atom stereocenters. The van der Waals surface area contributed by atoms with Gasteiger partial charge in [0.15, 0.2) is 0 Å². The number of ether oxygens (including phenoxy) is 1. The Hall–Kier alpha value is -2.14. The number of carbonyl (C=O) groups is 2. The van der Waals surface area contributed by atoms with Crippen LogP contribution >= 0.6 is 0 Å². The molecule has 0 radical (unpaired) electrons. The predicted octanol–water partition coefficient (Wildman–Crippen LogP) is 1.19. The van der Waals surface area contributed by atoms with Crippen molar-refractivity contribution >= 4 is 17.4 Å². The number of hydrogen-bond acceptors (Lipinski definition) is 3. The Labute approximate surface area is 124 Å². The predicted molar refractivity (Wildman–Crippen MR) is 80.2 cm³/mol. The van der Waals surface area contributed by atoms with Crippen LogP contribution in [0.25, 0.3) is 5.57 Å². The Balaban J connectivity index is 2.17. The van der Waals surface area contributed by atoms with E-state index in [1.54, 1.807) is 13.2 Å². The number of rotatable bonds is 4. The molecule has 5 heteroatoms. The average Bonchev–Trinajstić information content (AvgIpc) is 2.92. The summed E-state index contributed by atoms with van der Waals surface area (Å²) in [5, 5.41) is 0. The van der Waals surface area contributed by atoms with Crippen LogP contribution in [-0.2, 0) is 14.3 Å². The topological polar surface area (TPSA) is 72.6 Å². The highest BCUT2D eigenvalue weighted by atomic mass is 16.5. The molecule has 1 fully saturated rings. The molecule has 1 saturated heterocycles. The standard InChI is InChI=1S/C16H20N2O3/c1-11(12-6-4-3-5-7-12)8-15(19)18-10-13(21-2)9-14(18)16(17)20/h3-8,13-14H,9-10H2,1-2H3,(H2,17,20)/b11-8+/t13-,14-/m0/s1. The molecule has 112 valence electrons. The fourth-order valence-corrected chi connectivity index (χ4v) is 2.53. The molecule has 1 aromatic rings. The lowest BCUT2D eigenvalue weighted by Crippen LogP contribution is -2.43. The van der Waals surface area contributed by atoms with Crippen molar-refractivity contribution in [1.29, 1.82) is 0 Å². The third-order valence-electron chi connectivity index (χ3n) is 3.78. The normalized spacial score (nSPS) is 22.4. The van der Waals surface area contributed by atoms with E-state index in [-0.39, 0.29) is 12.0 Å². The summed E-state index contributed by atoms with van der Waals surface area (Å²) in [5.74, 6) is -0.701. The molecule has 0 spiro atoms. The van der Waals surface area contributed by atoms with Gasteiger partial charge in [0.2, 0.25) is 11.8 Å². The summed E-state index contributed by atoms with van der Waals surface area (Å²) in [6.07, 6.45) is 1.86. The Morgan fingerprint density at radius 3 is 2.57 bits per heavy atom. The second-order valence-electron chi connectivity index (χ2n) is 5.20. The maximum Gasteiger partial charge on any atom is 0.247 e. The zero-order valence-electron chi connectivity index (χ0n) is 12.3. The lowest BCUT2D eigenvalue weighted by Gasteiger charge is -2.20. The summed E-state index contributed by atoms with van der Waals surface area (Å²) >= 11 is 0. The summed E-state index contributed by atoms with van der Waals surface area (Å²) in [4.78, 5) is 25.4. The molecule has 0 saturated carbocycles. The number of likely N-dealkylation sites (tertiary alicyclic amines) is 1. The number of nitrogens with two attached hydrogens (primary N) is 1. The Morgan fingerprint density at radius 2 is 2.00 bits per heavy atom. The van der Waals surface area contributed by atoms with E-state index in [2.05, 4.69) is 0 Å². The summed E-state index contributed by atoms with van der Waals surface area (Å²) in [5.41, 5.74) is 7.20. The first-order valence-corrected chi connectivity index (χ1v) is 6.89. The van der Waals surface area contributed by atoms with E-state index >= 15 is 0 Å². The molecule has 2 rings (SSSR count). The van der Waals surface area contributed by atoms with Crippen LogP contribution in [0.15, 0.2) is 36.4 Å². The molecule has 1 aliphatic rings. The highest BCUT2D eigenvalue weighted by molar-refractivity contribution is 5.98. The van der Waals surface area contributed by atoms with Gasteiger partial charge in [-0.25, -0.2) is 0 Å². The highest BCUT2D eigenvalue weighted by Gasteiger charge is 2.37. The average molecular weight is 288 g/mol. The number of nitrogens with zero attached hydrogens (tertiary/aromatic N) is 1. The van der Waals surface area contributed by atoms with Crippen molar-refractivity contribution in [2.45, 2.75) is 25.5 Å². The van der Waals surface area contributed by atoms with Gasteiger partial charge in [0.1, 0.15) is 6.04 Å². The zero-order chi connectivity index (χ0) is 15.4. The third-order valence-corrected chi connectivity index (χ3v) is 3.78. The van der Waals surface area contributed by atoms with Crippen LogP contribution in [0.1, 0.15) is 18.9 Å².